The molecule has 1 aromatic carbocycles. The first kappa shape index (κ1) is 16.7. The highest BCUT2D eigenvalue weighted by molar-refractivity contribution is 5.88. The van der Waals surface area contributed by atoms with Crippen LogP contribution in [0.2, 0.25) is 0 Å². The van der Waals surface area contributed by atoms with Crippen LogP contribution >= 0.6 is 0 Å². The molecule has 0 N–H and O–H groups in total. The zero-order valence-electron chi connectivity index (χ0n) is 15.3. The molecule has 1 saturated heterocycles. The third-order valence-corrected chi connectivity index (χ3v) is 4.86. The van der Waals surface area contributed by atoms with Gasteiger partial charge in [-0.2, -0.15) is 0 Å². The van der Waals surface area contributed by atoms with Crippen molar-refractivity contribution in [3.05, 3.63) is 36.0 Å². The molecule has 0 aliphatic carbocycles. The zero-order valence-corrected chi connectivity index (χ0v) is 15.3. The van der Waals surface area contributed by atoms with Gasteiger partial charge < -0.3 is 9.80 Å². The summed E-state index contributed by atoms with van der Waals surface area (Å²) in [6, 6.07) is 8.61. The fraction of sp³-hybridized carbons (Fsp3) is 0.500. The average molecular weight is 325 g/mol. The van der Waals surface area contributed by atoms with Gasteiger partial charge in [0.25, 0.3) is 0 Å². The molecule has 0 bridgehead atoms. The van der Waals surface area contributed by atoms with Crippen molar-refractivity contribution in [2.75, 3.05) is 32.1 Å². The summed E-state index contributed by atoms with van der Waals surface area (Å²) in [4.78, 5) is 20.8. The van der Waals surface area contributed by atoms with Crippen LogP contribution in [0.4, 0.5) is 5.82 Å². The number of hydrogen-bond acceptors (Lipinski definition) is 3. The highest BCUT2D eigenvalue weighted by Crippen LogP contribution is 2.32. The molecule has 1 amide bonds. The molecule has 4 heteroatoms. The summed E-state index contributed by atoms with van der Waals surface area (Å²) in [6.45, 7) is 8.34. The third-order valence-electron chi connectivity index (χ3n) is 4.86. The Labute approximate surface area is 144 Å². The Hall–Kier alpha value is -2.10. The van der Waals surface area contributed by atoms with Crippen LogP contribution < -0.4 is 4.90 Å². The minimum absolute atomic E-state index is 0.0819. The fourth-order valence-corrected chi connectivity index (χ4v) is 3.52. The molecule has 2 heterocycles. The lowest BCUT2D eigenvalue weighted by Crippen LogP contribution is -2.32. The van der Waals surface area contributed by atoms with E-state index in [-0.39, 0.29) is 17.2 Å². The zero-order chi connectivity index (χ0) is 17.5. The van der Waals surface area contributed by atoms with E-state index in [9.17, 15) is 4.79 Å². The maximum Gasteiger partial charge on any atom is 0.227 e. The van der Waals surface area contributed by atoms with Gasteiger partial charge >= 0.3 is 0 Å². The van der Waals surface area contributed by atoms with Crippen LogP contribution in [0.15, 0.2) is 30.5 Å². The second kappa shape index (κ2) is 6.08. The summed E-state index contributed by atoms with van der Waals surface area (Å²) in [5.41, 5.74) is 1.42. The number of carbonyl (C=O) groups excluding carboxylic acids is 1. The number of rotatable bonds is 2. The largest absolute Gasteiger partial charge is 0.356 e. The van der Waals surface area contributed by atoms with E-state index in [1.165, 1.54) is 16.3 Å². The first-order chi connectivity index (χ1) is 11.3. The number of benzene rings is 1. The molecule has 1 unspecified atom stereocenters. The van der Waals surface area contributed by atoms with E-state index < -0.39 is 0 Å². The molecule has 1 aliphatic rings. The van der Waals surface area contributed by atoms with Gasteiger partial charge in [0.05, 0.1) is 5.92 Å². The van der Waals surface area contributed by atoms with Gasteiger partial charge in [-0.05, 0) is 28.9 Å². The van der Waals surface area contributed by atoms with Crippen LogP contribution in [0.1, 0.15) is 32.8 Å². The van der Waals surface area contributed by atoms with Gasteiger partial charge in [-0.15, -0.1) is 0 Å². The number of anilines is 1. The van der Waals surface area contributed by atoms with Crippen molar-refractivity contribution in [3.8, 4) is 0 Å². The van der Waals surface area contributed by atoms with E-state index >= 15 is 0 Å². The maximum atomic E-state index is 12.2. The molecule has 0 saturated carbocycles. The van der Waals surface area contributed by atoms with Gasteiger partial charge in [-0.1, -0.05) is 39.0 Å². The lowest BCUT2D eigenvalue weighted by atomic mass is 9.84. The molecule has 1 fully saturated rings. The van der Waals surface area contributed by atoms with E-state index in [2.05, 4.69) is 49.9 Å². The van der Waals surface area contributed by atoms with Crippen molar-refractivity contribution in [3.63, 3.8) is 0 Å². The second-order valence-electron chi connectivity index (χ2n) is 7.98. The molecule has 3 rings (SSSR count). The summed E-state index contributed by atoms with van der Waals surface area (Å²) in [6.07, 6.45) is 2.89. The fourth-order valence-electron chi connectivity index (χ4n) is 3.52. The molecule has 4 nitrogen and oxygen atoms in total. The van der Waals surface area contributed by atoms with Gasteiger partial charge in [0.1, 0.15) is 5.82 Å². The summed E-state index contributed by atoms with van der Waals surface area (Å²) in [5.74, 6) is 1.27. The second-order valence-corrected chi connectivity index (χ2v) is 7.98. The summed E-state index contributed by atoms with van der Waals surface area (Å²) < 4.78 is 0. The number of pyridine rings is 1. The predicted octanol–water partition coefficient (Wildman–Crippen LogP) is 3.45. The topological polar surface area (TPSA) is 36.4 Å². The van der Waals surface area contributed by atoms with E-state index in [4.69, 9.17) is 4.98 Å². The van der Waals surface area contributed by atoms with Crippen LogP contribution in [0, 0.1) is 5.92 Å². The normalized spacial score (nSPS) is 18.2. The Morgan fingerprint density at radius 1 is 1.29 bits per heavy atom. The summed E-state index contributed by atoms with van der Waals surface area (Å²) in [7, 11) is 3.65. The van der Waals surface area contributed by atoms with E-state index in [1.807, 2.05) is 20.3 Å². The van der Waals surface area contributed by atoms with Crippen molar-refractivity contribution in [1.29, 1.82) is 0 Å². The van der Waals surface area contributed by atoms with Crippen LogP contribution in [-0.4, -0.2) is 43.0 Å². The van der Waals surface area contributed by atoms with Crippen molar-refractivity contribution in [1.82, 2.24) is 9.88 Å². The minimum Gasteiger partial charge on any atom is -0.356 e. The van der Waals surface area contributed by atoms with Crippen molar-refractivity contribution in [2.45, 2.75) is 32.6 Å². The first-order valence-electron chi connectivity index (χ1n) is 8.63. The molecule has 128 valence electrons. The molecule has 0 radical (unpaired) electrons. The number of amides is 1. The van der Waals surface area contributed by atoms with Gasteiger partial charge in [-0.3, -0.25) is 4.79 Å². The van der Waals surface area contributed by atoms with Crippen LogP contribution in [0.5, 0.6) is 0 Å². The van der Waals surface area contributed by atoms with E-state index in [1.54, 1.807) is 4.90 Å². The van der Waals surface area contributed by atoms with Gasteiger partial charge in [0, 0.05) is 38.8 Å². The molecule has 1 aliphatic heterocycles. The van der Waals surface area contributed by atoms with Crippen molar-refractivity contribution < 1.29 is 4.79 Å². The summed E-state index contributed by atoms with van der Waals surface area (Å²) in [5, 5.41) is 2.43. The number of carbonyl (C=O) groups is 1. The monoisotopic (exact) mass is 325 g/mol. The minimum atomic E-state index is 0.0819. The van der Waals surface area contributed by atoms with Crippen molar-refractivity contribution >= 4 is 22.5 Å². The van der Waals surface area contributed by atoms with E-state index in [0.29, 0.717) is 0 Å². The molecule has 1 aromatic heterocycles. The Morgan fingerprint density at radius 3 is 2.71 bits per heavy atom. The number of fused-ring (bicyclic) bond motifs is 1. The predicted molar refractivity (Wildman–Crippen MR) is 99.5 cm³/mol. The lowest BCUT2D eigenvalue weighted by Gasteiger charge is -2.23. The van der Waals surface area contributed by atoms with E-state index in [0.717, 1.165) is 25.3 Å². The Balaban J connectivity index is 1.89. The van der Waals surface area contributed by atoms with Gasteiger partial charge in [-0.25, -0.2) is 4.98 Å². The standard InChI is InChI=1S/C20H27N3O/c1-20(2,3)17-8-6-7-14-11-18(21-12-16(14)17)23-10-9-15(13-23)19(24)22(4)5/h6-8,11-12,15H,9-10,13H2,1-5H3. The lowest BCUT2D eigenvalue weighted by molar-refractivity contribution is -0.132. The van der Waals surface area contributed by atoms with Gasteiger partial charge in [0.2, 0.25) is 5.91 Å². The molecule has 2 aromatic rings. The third kappa shape index (κ3) is 3.10. The maximum absolute atomic E-state index is 12.2. The molecular formula is C20H27N3O. The number of aromatic nitrogens is 1. The van der Waals surface area contributed by atoms with Crippen LogP contribution in [0.3, 0.4) is 0 Å². The number of nitrogens with zero attached hydrogens (tertiary/aromatic N) is 3. The van der Waals surface area contributed by atoms with Crippen LogP contribution in [-0.2, 0) is 10.2 Å². The van der Waals surface area contributed by atoms with Crippen LogP contribution in [0.25, 0.3) is 10.8 Å². The smallest absolute Gasteiger partial charge is 0.227 e. The Kier molecular flexibility index (Phi) is 4.24. The molecular weight excluding hydrogens is 298 g/mol. The highest BCUT2D eigenvalue weighted by atomic mass is 16.2. The highest BCUT2D eigenvalue weighted by Gasteiger charge is 2.30. The first-order valence-corrected chi connectivity index (χ1v) is 8.63. The Morgan fingerprint density at radius 2 is 2.04 bits per heavy atom. The summed E-state index contributed by atoms with van der Waals surface area (Å²) >= 11 is 0. The average Bonchev–Trinajstić information content (AvgIpc) is 3.01. The molecule has 0 spiro atoms. The Bertz CT molecular complexity index is 761. The SMILES string of the molecule is CN(C)C(=O)C1CCN(c2cc3cccc(C(C)(C)C)c3cn2)C1. The molecule has 1 atom stereocenters. The van der Waals surface area contributed by atoms with Gasteiger partial charge in [0.15, 0.2) is 0 Å². The van der Waals surface area contributed by atoms with Crippen molar-refractivity contribution in [2.24, 2.45) is 5.92 Å². The number of hydrogen-bond donors (Lipinski definition) is 0. The molecule has 24 heavy (non-hydrogen) atoms. The quantitative estimate of drug-likeness (QED) is 0.848.